The van der Waals surface area contributed by atoms with Crippen LogP contribution in [0.15, 0.2) is 30.7 Å². The van der Waals surface area contributed by atoms with Crippen molar-refractivity contribution in [2.75, 3.05) is 6.61 Å². The van der Waals surface area contributed by atoms with E-state index in [0.29, 0.717) is 23.0 Å². The highest BCUT2D eigenvalue weighted by atomic mass is 35.5. The molecule has 2 atom stereocenters. The fourth-order valence-corrected chi connectivity index (χ4v) is 3.75. The smallest absolute Gasteiger partial charge is 0.323 e. The SMILES string of the molecule is CCOC(=O)C(Cc1cncn1Cc1cc(Cl)cc(Cl)c1)NC(CC(C)C)C(=O)O. The number of benzene rings is 1. The second-order valence-corrected chi connectivity index (χ2v) is 8.36. The van der Waals surface area contributed by atoms with Crippen molar-refractivity contribution in [3.63, 3.8) is 0 Å². The van der Waals surface area contributed by atoms with Gasteiger partial charge in [0, 0.05) is 34.9 Å². The number of carbonyl (C=O) groups excluding carboxylic acids is 1. The number of esters is 1. The first-order chi connectivity index (χ1) is 14.2. The fourth-order valence-electron chi connectivity index (χ4n) is 3.18. The number of nitrogens with zero attached hydrogens (tertiary/aromatic N) is 2. The molecular formula is C21H27Cl2N3O4. The summed E-state index contributed by atoms with van der Waals surface area (Å²) in [5.41, 5.74) is 1.64. The summed E-state index contributed by atoms with van der Waals surface area (Å²) in [7, 11) is 0. The zero-order valence-corrected chi connectivity index (χ0v) is 18.8. The summed E-state index contributed by atoms with van der Waals surface area (Å²) in [4.78, 5) is 28.4. The number of ether oxygens (including phenoxy) is 1. The largest absolute Gasteiger partial charge is 0.480 e. The van der Waals surface area contributed by atoms with Crippen LogP contribution < -0.4 is 5.32 Å². The van der Waals surface area contributed by atoms with Crippen LogP contribution in [0.3, 0.4) is 0 Å². The van der Waals surface area contributed by atoms with Gasteiger partial charge in [0.15, 0.2) is 0 Å². The highest BCUT2D eigenvalue weighted by molar-refractivity contribution is 6.34. The molecule has 30 heavy (non-hydrogen) atoms. The van der Waals surface area contributed by atoms with Crippen LogP contribution in [-0.4, -0.2) is 45.3 Å². The lowest BCUT2D eigenvalue weighted by Crippen LogP contribution is -2.49. The predicted molar refractivity (Wildman–Crippen MR) is 116 cm³/mol. The van der Waals surface area contributed by atoms with Crippen molar-refractivity contribution in [2.45, 2.75) is 52.2 Å². The molecule has 2 rings (SSSR count). The number of aliphatic carboxylic acids is 1. The van der Waals surface area contributed by atoms with E-state index in [1.807, 2.05) is 18.4 Å². The third kappa shape index (κ3) is 7.31. The summed E-state index contributed by atoms with van der Waals surface area (Å²) >= 11 is 12.2. The monoisotopic (exact) mass is 455 g/mol. The Morgan fingerprint density at radius 1 is 1.20 bits per heavy atom. The van der Waals surface area contributed by atoms with Crippen LogP contribution in [0, 0.1) is 5.92 Å². The Balaban J connectivity index is 2.22. The van der Waals surface area contributed by atoms with Gasteiger partial charge >= 0.3 is 11.9 Å². The normalized spacial score (nSPS) is 13.3. The molecule has 0 amide bonds. The lowest BCUT2D eigenvalue weighted by atomic mass is 10.0. The highest BCUT2D eigenvalue weighted by Crippen LogP contribution is 2.20. The number of rotatable bonds is 11. The van der Waals surface area contributed by atoms with Crippen molar-refractivity contribution in [3.8, 4) is 0 Å². The maximum atomic E-state index is 12.5. The van der Waals surface area contributed by atoms with Crippen molar-refractivity contribution in [2.24, 2.45) is 5.92 Å². The van der Waals surface area contributed by atoms with Gasteiger partial charge in [-0.15, -0.1) is 0 Å². The minimum atomic E-state index is -1.000. The lowest BCUT2D eigenvalue weighted by Gasteiger charge is -2.23. The molecule has 2 unspecified atom stereocenters. The van der Waals surface area contributed by atoms with Crippen LogP contribution in [0.4, 0.5) is 0 Å². The Kier molecular flexibility index (Phi) is 9.14. The Morgan fingerprint density at radius 3 is 2.43 bits per heavy atom. The summed E-state index contributed by atoms with van der Waals surface area (Å²) in [6, 6.07) is 3.59. The molecule has 9 heteroatoms. The minimum absolute atomic E-state index is 0.152. The maximum absolute atomic E-state index is 12.5. The molecule has 0 spiro atoms. The first-order valence-electron chi connectivity index (χ1n) is 9.79. The van der Waals surface area contributed by atoms with E-state index < -0.39 is 24.0 Å². The molecule has 0 radical (unpaired) electrons. The summed E-state index contributed by atoms with van der Waals surface area (Å²) in [6.07, 6.45) is 3.92. The molecular weight excluding hydrogens is 429 g/mol. The molecule has 1 aromatic carbocycles. The van der Waals surface area contributed by atoms with E-state index >= 15 is 0 Å². The van der Waals surface area contributed by atoms with Gasteiger partial charge in [0.1, 0.15) is 12.1 Å². The third-order valence-electron chi connectivity index (χ3n) is 4.47. The standard InChI is InChI=1S/C21H27Cl2N3O4/c1-4-30-21(29)19(25-18(20(27)28)5-13(2)3)9-17-10-24-12-26(17)11-14-6-15(22)8-16(23)7-14/h6-8,10,12-13,18-19,25H,4-5,9,11H2,1-3H3,(H,27,28). The van der Waals surface area contributed by atoms with E-state index in [1.165, 1.54) is 0 Å². The number of nitrogens with one attached hydrogen (secondary N) is 1. The van der Waals surface area contributed by atoms with Gasteiger partial charge in [-0.05, 0) is 43.0 Å². The second-order valence-electron chi connectivity index (χ2n) is 7.49. The average molecular weight is 456 g/mol. The van der Waals surface area contributed by atoms with Crippen LogP contribution in [-0.2, 0) is 27.3 Å². The molecule has 0 saturated carbocycles. The van der Waals surface area contributed by atoms with E-state index in [2.05, 4.69) is 10.3 Å². The lowest BCUT2D eigenvalue weighted by molar-refractivity contribution is -0.147. The number of carboxylic acids is 1. The van der Waals surface area contributed by atoms with Gasteiger partial charge in [0.2, 0.25) is 0 Å². The minimum Gasteiger partial charge on any atom is -0.480 e. The van der Waals surface area contributed by atoms with E-state index in [4.69, 9.17) is 27.9 Å². The van der Waals surface area contributed by atoms with E-state index in [0.717, 1.165) is 11.3 Å². The number of carbonyl (C=O) groups is 2. The summed E-state index contributed by atoms with van der Waals surface area (Å²) in [5.74, 6) is -1.34. The molecule has 0 aliphatic heterocycles. The molecule has 164 valence electrons. The van der Waals surface area contributed by atoms with Crippen molar-refractivity contribution in [1.29, 1.82) is 0 Å². The van der Waals surface area contributed by atoms with Crippen LogP contribution in [0.5, 0.6) is 0 Å². The van der Waals surface area contributed by atoms with Crippen LogP contribution >= 0.6 is 23.2 Å². The Morgan fingerprint density at radius 2 is 1.87 bits per heavy atom. The fraction of sp³-hybridized carbons (Fsp3) is 0.476. The van der Waals surface area contributed by atoms with Gasteiger partial charge in [0.25, 0.3) is 0 Å². The maximum Gasteiger partial charge on any atom is 0.323 e. The Labute approximate surface area is 186 Å². The molecule has 0 bridgehead atoms. The van der Waals surface area contributed by atoms with Gasteiger partial charge in [-0.1, -0.05) is 37.0 Å². The quantitative estimate of drug-likeness (QED) is 0.500. The molecule has 0 aliphatic carbocycles. The second kappa shape index (κ2) is 11.3. The molecule has 2 aromatic rings. The molecule has 1 aromatic heterocycles. The van der Waals surface area contributed by atoms with Crippen molar-refractivity contribution >= 4 is 35.1 Å². The average Bonchev–Trinajstić information content (AvgIpc) is 3.06. The molecule has 1 heterocycles. The predicted octanol–water partition coefficient (Wildman–Crippen LogP) is 3.80. The van der Waals surface area contributed by atoms with Crippen molar-refractivity contribution in [1.82, 2.24) is 14.9 Å². The van der Waals surface area contributed by atoms with E-state index in [1.54, 1.807) is 37.6 Å². The number of hydrogen-bond acceptors (Lipinski definition) is 5. The molecule has 2 N–H and O–H groups in total. The molecule has 0 aliphatic rings. The Hall–Kier alpha value is -2.09. The summed E-state index contributed by atoms with van der Waals surface area (Å²) < 4.78 is 7.04. The number of halogens is 2. The summed E-state index contributed by atoms with van der Waals surface area (Å²) in [6.45, 7) is 6.24. The number of imidazole rings is 1. The van der Waals surface area contributed by atoms with Gasteiger partial charge in [-0.2, -0.15) is 0 Å². The zero-order valence-electron chi connectivity index (χ0n) is 17.3. The summed E-state index contributed by atoms with van der Waals surface area (Å²) in [5, 5.41) is 13.6. The van der Waals surface area contributed by atoms with Gasteiger partial charge in [-0.3, -0.25) is 14.9 Å². The first kappa shape index (κ1) is 24.2. The molecule has 0 fully saturated rings. The van der Waals surface area contributed by atoms with E-state index in [-0.39, 0.29) is 18.9 Å². The molecule has 7 nitrogen and oxygen atoms in total. The van der Waals surface area contributed by atoms with Gasteiger partial charge < -0.3 is 14.4 Å². The zero-order chi connectivity index (χ0) is 22.3. The van der Waals surface area contributed by atoms with Crippen LogP contribution in [0.25, 0.3) is 0 Å². The van der Waals surface area contributed by atoms with Crippen molar-refractivity contribution in [3.05, 3.63) is 52.0 Å². The Bertz CT molecular complexity index is 849. The number of aromatic nitrogens is 2. The van der Waals surface area contributed by atoms with Gasteiger partial charge in [0.05, 0.1) is 12.9 Å². The van der Waals surface area contributed by atoms with E-state index in [9.17, 15) is 14.7 Å². The number of hydrogen-bond donors (Lipinski definition) is 2. The van der Waals surface area contributed by atoms with Crippen molar-refractivity contribution < 1.29 is 19.4 Å². The van der Waals surface area contributed by atoms with Crippen LogP contribution in [0.1, 0.15) is 38.4 Å². The topological polar surface area (TPSA) is 93.5 Å². The highest BCUT2D eigenvalue weighted by Gasteiger charge is 2.28. The van der Waals surface area contributed by atoms with Crippen LogP contribution in [0.2, 0.25) is 10.0 Å². The molecule has 0 saturated heterocycles. The third-order valence-corrected chi connectivity index (χ3v) is 4.90. The first-order valence-corrected chi connectivity index (χ1v) is 10.5. The number of carboxylic acid groups (broad SMARTS) is 1. The van der Waals surface area contributed by atoms with Gasteiger partial charge in [-0.25, -0.2) is 4.98 Å².